The first-order valence-corrected chi connectivity index (χ1v) is 8.16. The van der Waals surface area contributed by atoms with Crippen LogP contribution in [0, 0.1) is 5.92 Å². The monoisotopic (exact) mass is 274 g/mol. The van der Waals surface area contributed by atoms with Gasteiger partial charge in [0.2, 0.25) is 5.95 Å². The zero-order chi connectivity index (χ0) is 13.8. The molecular formula is C16H26N4. The van der Waals surface area contributed by atoms with E-state index in [4.69, 9.17) is 0 Å². The number of anilines is 1. The summed E-state index contributed by atoms with van der Waals surface area (Å²) in [6.45, 7) is 5.25. The van der Waals surface area contributed by atoms with Gasteiger partial charge in [-0.2, -0.15) is 0 Å². The van der Waals surface area contributed by atoms with Crippen LogP contribution in [0.3, 0.4) is 0 Å². The van der Waals surface area contributed by atoms with E-state index in [-0.39, 0.29) is 0 Å². The fourth-order valence-corrected chi connectivity index (χ4v) is 3.65. The van der Waals surface area contributed by atoms with Gasteiger partial charge in [-0.25, -0.2) is 9.97 Å². The van der Waals surface area contributed by atoms with Crippen LogP contribution in [0.5, 0.6) is 0 Å². The SMILES string of the molecule is CCCNCc1cnc(N2CCC3CCCCC32)nc1. The number of aromatic nitrogens is 2. The molecule has 1 aromatic rings. The minimum Gasteiger partial charge on any atom is -0.338 e. The molecule has 3 rings (SSSR count). The molecule has 0 spiro atoms. The van der Waals surface area contributed by atoms with Gasteiger partial charge >= 0.3 is 0 Å². The van der Waals surface area contributed by atoms with Crippen molar-refractivity contribution in [2.75, 3.05) is 18.0 Å². The standard InChI is InChI=1S/C16H26N4/c1-2-8-17-10-13-11-18-16(19-12-13)20-9-7-14-5-3-4-6-15(14)20/h11-12,14-15,17H,2-10H2,1H3. The van der Waals surface area contributed by atoms with E-state index in [1.807, 2.05) is 12.4 Å². The number of nitrogens with zero attached hydrogens (tertiary/aromatic N) is 3. The first kappa shape index (κ1) is 13.8. The summed E-state index contributed by atoms with van der Waals surface area (Å²) in [4.78, 5) is 11.7. The van der Waals surface area contributed by atoms with Crippen molar-refractivity contribution < 1.29 is 0 Å². The fourth-order valence-electron chi connectivity index (χ4n) is 3.65. The van der Waals surface area contributed by atoms with Gasteiger partial charge in [0.1, 0.15) is 0 Å². The van der Waals surface area contributed by atoms with Crippen LogP contribution in [0.2, 0.25) is 0 Å². The normalized spacial score (nSPS) is 25.8. The summed E-state index contributed by atoms with van der Waals surface area (Å²) in [7, 11) is 0. The molecule has 1 aliphatic heterocycles. The maximum absolute atomic E-state index is 4.61. The zero-order valence-electron chi connectivity index (χ0n) is 12.5. The van der Waals surface area contributed by atoms with Gasteiger partial charge in [-0.15, -0.1) is 0 Å². The van der Waals surface area contributed by atoms with Crippen molar-refractivity contribution in [2.45, 2.75) is 58.0 Å². The fraction of sp³-hybridized carbons (Fsp3) is 0.750. The zero-order valence-corrected chi connectivity index (χ0v) is 12.5. The number of rotatable bonds is 5. The summed E-state index contributed by atoms with van der Waals surface area (Å²) in [6.07, 6.45) is 12.0. The Bertz CT molecular complexity index is 417. The van der Waals surface area contributed by atoms with Gasteiger partial charge in [-0.1, -0.05) is 19.8 Å². The number of fused-ring (bicyclic) bond motifs is 1. The average Bonchev–Trinajstić information content (AvgIpc) is 2.92. The second-order valence-corrected chi connectivity index (χ2v) is 6.16. The Morgan fingerprint density at radius 1 is 1.20 bits per heavy atom. The maximum atomic E-state index is 4.61. The summed E-state index contributed by atoms with van der Waals surface area (Å²) >= 11 is 0. The lowest BCUT2D eigenvalue weighted by Gasteiger charge is -2.31. The van der Waals surface area contributed by atoms with Crippen LogP contribution in [-0.2, 0) is 6.54 Å². The van der Waals surface area contributed by atoms with Crippen molar-refractivity contribution in [3.8, 4) is 0 Å². The molecule has 0 bridgehead atoms. The molecule has 110 valence electrons. The predicted octanol–water partition coefficient (Wildman–Crippen LogP) is 2.75. The largest absolute Gasteiger partial charge is 0.338 e. The maximum Gasteiger partial charge on any atom is 0.225 e. The molecule has 1 N–H and O–H groups in total. The summed E-state index contributed by atoms with van der Waals surface area (Å²) in [5.41, 5.74) is 1.18. The van der Waals surface area contributed by atoms with Crippen LogP contribution >= 0.6 is 0 Å². The lowest BCUT2D eigenvalue weighted by molar-refractivity contribution is 0.341. The smallest absolute Gasteiger partial charge is 0.225 e. The Morgan fingerprint density at radius 3 is 2.80 bits per heavy atom. The first-order valence-electron chi connectivity index (χ1n) is 8.16. The molecule has 1 aliphatic carbocycles. The molecule has 2 heterocycles. The molecule has 4 nitrogen and oxygen atoms in total. The van der Waals surface area contributed by atoms with Crippen molar-refractivity contribution in [3.05, 3.63) is 18.0 Å². The van der Waals surface area contributed by atoms with Gasteiger partial charge in [0.15, 0.2) is 0 Å². The number of hydrogen-bond acceptors (Lipinski definition) is 4. The molecule has 2 unspecified atom stereocenters. The molecule has 2 fully saturated rings. The number of hydrogen-bond donors (Lipinski definition) is 1. The van der Waals surface area contributed by atoms with Gasteiger partial charge < -0.3 is 10.2 Å². The lowest BCUT2D eigenvalue weighted by Crippen LogP contribution is -2.35. The van der Waals surface area contributed by atoms with Gasteiger partial charge in [0.25, 0.3) is 0 Å². The van der Waals surface area contributed by atoms with Crippen LogP contribution in [-0.4, -0.2) is 29.1 Å². The van der Waals surface area contributed by atoms with E-state index in [1.54, 1.807) is 0 Å². The van der Waals surface area contributed by atoms with E-state index in [1.165, 1.54) is 37.7 Å². The first-order chi connectivity index (χ1) is 9.88. The molecule has 2 aliphatic rings. The molecular weight excluding hydrogens is 248 g/mol. The highest BCUT2D eigenvalue weighted by atomic mass is 15.3. The van der Waals surface area contributed by atoms with Crippen LogP contribution in [0.4, 0.5) is 5.95 Å². The van der Waals surface area contributed by atoms with Crippen LogP contribution < -0.4 is 10.2 Å². The summed E-state index contributed by atoms with van der Waals surface area (Å²) in [5.74, 6) is 1.83. The van der Waals surface area contributed by atoms with E-state index >= 15 is 0 Å². The van der Waals surface area contributed by atoms with Crippen molar-refractivity contribution in [1.82, 2.24) is 15.3 Å². The predicted molar refractivity (Wildman–Crippen MR) is 81.7 cm³/mol. The second-order valence-electron chi connectivity index (χ2n) is 6.16. The lowest BCUT2D eigenvalue weighted by atomic mass is 9.85. The van der Waals surface area contributed by atoms with E-state index in [9.17, 15) is 0 Å². The molecule has 1 aromatic heterocycles. The van der Waals surface area contributed by atoms with E-state index in [0.717, 1.165) is 37.9 Å². The van der Waals surface area contributed by atoms with Crippen LogP contribution in [0.1, 0.15) is 51.0 Å². The quantitative estimate of drug-likeness (QED) is 0.838. The van der Waals surface area contributed by atoms with Crippen molar-refractivity contribution >= 4 is 5.95 Å². The average molecular weight is 274 g/mol. The third kappa shape index (κ3) is 2.95. The third-order valence-electron chi connectivity index (χ3n) is 4.71. The highest BCUT2D eigenvalue weighted by Crippen LogP contribution is 2.37. The summed E-state index contributed by atoms with van der Waals surface area (Å²) in [6, 6.07) is 0.702. The molecule has 0 amide bonds. The Labute approximate surface area is 122 Å². The molecule has 2 atom stereocenters. The summed E-state index contributed by atoms with van der Waals surface area (Å²) < 4.78 is 0. The highest BCUT2D eigenvalue weighted by molar-refractivity contribution is 5.34. The minimum atomic E-state index is 0.702. The molecule has 1 saturated carbocycles. The molecule has 0 radical (unpaired) electrons. The molecule has 0 aromatic carbocycles. The minimum absolute atomic E-state index is 0.702. The Kier molecular flexibility index (Phi) is 4.51. The van der Waals surface area contributed by atoms with E-state index in [0.29, 0.717) is 6.04 Å². The van der Waals surface area contributed by atoms with Crippen molar-refractivity contribution in [3.63, 3.8) is 0 Å². The summed E-state index contributed by atoms with van der Waals surface area (Å²) in [5, 5.41) is 3.39. The van der Waals surface area contributed by atoms with Crippen LogP contribution in [0.25, 0.3) is 0 Å². The number of nitrogens with one attached hydrogen (secondary N) is 1. The molecule has 4 heteroatoms. The van der Waals surface area contributed by atoms with Gasteiger partial charge in [-0.3, -0.25) is 0 Å². The van der Waals surface area contributed by atoms with Crippen LogP contribution in [0.15, 0.2) is 12.4 Å². The van der Waals surface area contributed by atoms with Gasteiger partial charge in [-0.05, 0) is 38.1 Å². The second kappa shape index (κ2) is 6.53. The van der Waals surface area contributed by atoms with Crippen molar-refractivity contribution in [2.24, 2.45) is 5.92 Å². The Hall–Kier alpha value is -1.16. The van der Waals surface area contributed by atoms with E-state index < -0.39 is 0 Å². The molecule has 1 saturated heterocycles. The topological polar surface area (TPSA) is 41.1 Å². The van der Waals surface area contributed by atoms with Crippen molar-refractivity contribution in [1.29, 1.82) is 0 Å². The van der Waals surface area contributed by atoms with E-state index in [2.05, 4.69) is 27.1 Å². The highest BCUT2D eigenvalue weighted by Gasteiger charge is 2.36. The Balaban J connectivity index is 1.62. The molecule has 20 heavy (non-hydrogen) atoms. The van der Waals surface area contributed by atoms with Gasteiger partial charge in [0, 0.05) is 37.1 Å². The third-order valence-corrected chi connectivity index (χ3v) is 4.71. The van der Waals surface area contributed by atoms with Gasteiger partial charge in [0.05, 0.1) is 0 Å². The Morgan fingerprint density at radius 2 is 2.00 bits per heavy atom.